The molecule has 0 aromatic heterocycles. The van der Waals surface area contributed by atoms with Crippen LogP contribution < -0.4 is 11.2 Å². The van der Waals surface area contributed by atoms with E-state index >= 15 is 0 Å². The van der Waals surface area contributed by atoms with Gasteiger partial charge in [0.2, 0.25) is 0 Å². The summed E-state index contributed by atoms with van der Waals surface area (Å²) in [6.07, 6.45) is 2.73. The van der Waals surface area contributed by atoms with Gasteiger partial charge in [0.15, 0.2) is 0 Å². The molecule has 0 bridgehead atoms. The number of unbranched alkanes of at least 4 members (excludes halogenated alkanes) is 1. The summed E-state index contributed by atoms with van der Waals surface area (Å²) in [5.74, 6) is -1.39. The van der Waals surface area contributed by atoms with Crippen LogP contribution in [0, 0.1) is 0 Å². The number of amides is 1. The van der Waals surface area contributed by atoms with Gasteiger partial charge in [0, 0.05) is 6.54 Å². The van der Waals surface area contributed by atoms with Crippen LogP contribution in [0.5, 0.6) is 0 Å². The van der Waals surface area contributed by atoms with Crippen LogP contribution in [0.3, 0.4) is 0 Å². The molecule has 0 saturated carbocycles. The number of rotatable bonds is 8. The van der Waals surface area contributed by atoms with Crippen molar-refractivity contribution in [1.29, 1.82) is 0 Å². The Morgan fingerprint density at radius 3 is 2.62 bits per heavy atom. The molecule has 120 valence electrons. The highest BCUT2D eigenvalue weighted by Gasteiger charge is 2.48. The van der Waals surface area contributed by atoms with Gasteiger partial charge in [0.1, 0.15) is 5.54 Å². The summed E-state index contributed by atoms with van der Waals surface area (Å²) in [5.41, 5.74) is 6.95. The summed E-state index contributed by atoms with van der Waals surface area (Å²) in [5, 5.41) is 28.7. The van der Waals surface area contributed by atoms with E-state index in [9.17, 15) is 14.7 Å². The Morgan fingerprint density at radius 1 is 1.43 bits per heavy atom. The summed E-state index contributed by atoms with van der Waals surface area (Å²) >= 11 is 0. The van der Waals surface area contributed by atoms with Crippen LogP contribution in [0.15, 0.2) is 0 Å². The Bertz CT molecular complexity index is 380. The van der Waals surface area contributed by atoms with Gasteiger partial charge in [-0.2, -0.15) is 0 Å². The second kappa shape index (κ2) is 7.74. The molecule has 21 heavy (non-hydrogen) atoms. The monoisotopic (exact) mass is 301 g/mol. The lowest BCUT2D eigenvalue weighted by Crippen LogP contribution is -2.59. The minimum Gasteiger partial charge on any atom is -0.480 e. The number of aliphatic carboxylic acids is 1. The molecule has 0 radical (unpaired) electrons. The zero-order valence-corrected chi connectivity index (χ0v) is 12.3. The van der Waals surface area contributed by atoms with Gasteiger partial charge >= 0.3 is 13.1 Å². The molecule has 9 heteroatoms. The van der Waals surface area contributed by atoms with E-state index in [-0.39, 0.29) is 6.32 Å². The molecule has 0 aliphatic carbocycles. The van der Waals surface area contributed by atoms with E-state index in [0.29, 0.717) is 38.6 Å². The zero-order valence-electron chi connectivity index (χ0n) is 12.3. The molecule has 1 aliphatic rings. The van der Waals surface area contributed by atoms with Crippen molar-refractivity contribution in [2.75, 3.05) is 6.54 Å². The van der Waals surface area contributed by atoms with E-state index < -0.39 is 30.6 Å². The molecule has 0 spiro atoms. The molecule has 1 heterocycles. The van der Waals surface area contributed by atoms with E-state index in [1.54, 1.807) is 0 Å². The lowest BCUT2D eigenvalue weighted by Gasteiger charge is -2.35. The second-order valence-corrected chi connectivity index (χ2v) is 5.58. The molecule has 6 N–H and O–H groups in total. The molecule has 1 amide bonds. The third-order valence-electron chi connectivity index (χ3n) is 3.85. The quantitative estimate of drug-likeness (QED) is 0.284. The molecule has 1 saturated heterocycles. The van der Waals surface area contributed by atoms with Crippen LogP contribution >= 0.6 is 0 Å². The Kier molecular flexibility index (Phi) is 6.60. The predicted molar refractivity (Wildman–Crippen MR) is 76.9 cm³/mol. The summed E-state index contributed by atoms with van der Waals surface area (Å²) in [6.45, 7) is 2.00. The number of hydrogen-bond donors (Lipinski definition) is 5. The third-order valence-corrected chi connectivity index (χ3v) is 3.85. The fourth-order valence-electron chi connectivity index (χ4n) is 2.61. The Morgan fingerprint density at radius 2 is 2.10 bits per heavy atom. The predicted octanol–water partition coefficient (Wildman–Crippen LogP) is -1.07. The molecular formula is C12H24BN3O5. The van der Waals surface area contributed by atoms with Gasteiger partial charge < -0.3 is 20.9 Å². The SMILES string of the molecule is C[C@H](N)C(=O)NN1CCCC1(CCCCB(O)O)C(=O)O. The van der Waals surface area contributed by atoms with Crippen molar-refractivity contribution >= 4 is 19.0 Å². The molecule has 0 aromatic carbocycles. The smallest absolute Gasteiger partial charge is 0.451 e. The van der Waals surface area contributed by atoms with Crippen molar-refractivity contribution < 1.29 is 24.7 Å². The van der Waals surface area contributed by atoms with Gasteiger partial charge in [-0.3, -0.25) is 15.0 Å². The standard InChI is InChI=1S/C12H24BN3O5/c1-9(14)10(17)15-16-8-4-6-12(16,11(18)19)5-2-3-7-13(20)21/h9,20-21H,2-8,14H2,1H3,(H,15,17)(H,18,19)/t9-,12?/m0/s1. The Balaban J connectivity index is 2.68. The van der Waals surface area contributed by atoms with E-state index in [1.165, 1.54) is 11.9 Å². The van der Waals surface area contributed by atoms with Crippen LogP contribution in [0.1, 0.15) is 39.0 Å². The molecular weight excluding hydrogens is 277 g/mol. The van der Waals surface area contributed by atoms with Gasteiger partial charge in [-0.25, -0.2) is 5.01 Å². The molecule has 1 aliphatic heterocycles. The van der Waals surface area contributed by atoms with Gasteiger partial charge in [-0.15, -0.1) is 0 Å². The number of nitrogens with two attached hydrogens (primary N) is 1. The maximum Gasteiger partial charge on any atom is 0.451 e. The van der Waals surface area contributed by atoms with Crippen molar-refractivity contribution in [3.63, 3.8) is 0 Å². The maximum atomic E-state index is 11.7. The average molecular weight is 301 g/mol. The molecule has 8 nitrogen and oxygen atoms in total. The number of hydrogen-bond acceptors (Lipinski definition) is 6. The lowest BCUT2D eigenvalue weighted by atomic mass is 9.81. The van der Waals surface area contributed by atoms with E-state index in [2.05, 4.69) is 5.43 Å². The highest BCUT2D eigenvalue weighted by Crippen LogP contribution is 2.33. The van der Waals surface area contributed by atoms with Crippen molar-refractivity contribution in [1.82, 2.24) is 10.4 Å². The van der Waals surface area contributed by atoms with Gasteiger partial charge in [-0.1, -0.05) is 12.8 Å². The summed E-state index contributed by atoms with van der Waals surface area (Å²) < 4.78 is 0. The fourth-order valence-corrected chi connectivity index (χ4v) is 2.61. The third kappa shape index (κ3) is 4.67. The Hall–Kier alpha value is -1.16. The molecule has 1 fully saturated rings. The molecule has 1 unspecified atom stereocenters. The van der Waals surface area contributed by atoms with E-state index in [0.717, 1.165) is 0 Å². The first kappa shape index (κ1) is 17.9. The van der Waals surface area contributed by atoms with Crippen LogP contribution in [0.4, 0.5) is 0 Å². The minimum atomic E-state index is -1.37. The van der Waals surface area contributed by atoms with Crippen molar-refractivity contribution in [2.45, 2.75) is 56.9 Å². The summed E-state index contributed by atoms with van der Waals surface area (Å²) in [7, 11) is -1.37. The number of nitrogens with zero attached hydrogens (tertiary/aromatic N) is 1. The van der Waals surface area contributed by atoms with Gasteiger partial charge in [-0.05, 0) is 32.5 Å². The number of nitrogens with one attached hydrogen (secondary N) is 1. The number of carbonyl (C=O) groups excluding carboxylic acids is 1. The molecule has 2 atom stereocenters. The first-order valence-electron chi connectivity index (χ1n) is 7.23. The number of hydrazine groups is 1. The van der Waals surface area contributed by atoms with Crippen molar-refractivity contribution in [2.24, 2.45) is 5.73 Å². The van der Waals surface area contributed by atoms with Crippen LogP contribution in [-0.4, -0.2) is 57.3 Å². The highest BCUT2D eigenvalue weighted by atomic mass is 16.4. The van der Waals surface area contributed by atoms with Crippen molar-refractivity contribution in [3.05, 3.63) is 0 Å². The largest absolute Gasteiger partial charge is 0.480 e. The lowest BCUT2D eigenvalue weighted by molar-refractivity contribution is -0.154. The zero-order chi connectivity index (χ0) is 16.0. The number of carbonyl (C=O) groups is 2. The first-order chi connectivity index (χ1) is 9.79. The minimum absolute atomic E-state index is 0.210. The second-order valence-electron chi connectivity index (χ2n) is 5.58. The average Bonchev–Trinajstić information content (AvgIpc) is 2.78. The highest BCUT2D eigenvalue weighted by molar-refractivity contribution is 6.40. The van der Waals surface area contributed by atoms with Crippen LogP contribution in [0.25, 0.3) is 0 Å². The van der Waals surface area contributed by atoms with E-state index in [1.807, 2.05) is 0 Å². The van der Waals surface area contributed by atoms with Gasteiger partial charge in [0.05, 0.1) is 6.04 Å². The topological polar surface area (TPSA) is 136 Å². The maximum absolute atomic E-state index is 11.7. The first-order valence-corrected chi connectivity index (χ1v) is 7.23. The molecule has 0 aromatic rings. The van der Waals surface area contributed by atoms with Gasteiger partial charge in [0.25, 0.3) is 5.91 Å². The Labute approximate surface area is 124 Å². The summed E-state index contributed by atoms with van der Waals surface area (Å²) in [4.78, 5) is 23.4. The van der Waals surface area contributed by atoms with Crippen LogP contribution in [-0.2, 0) is 9.59 Å². The van der Waals surface area contributed by atoms with E-state index in [4.69, 9.17) is 15.8 Å². The fraction of sp³-hybridized carbons (Fsp3) is 0.833. The normalized spacial score (nSPS) is 23.8. The van der Waals surface area contributed by atoms with Crippen molar-refractivity contribution in [3.8, 4) is 0 Å². The number of carboxylic acid groups (broad SMARTS) is 1. The molecule has 1 rings (SSSR count). The summed E-state index contributed by atoms with van der Waals surface area (Å²) in [6, 6.07) is -0.707. The number of carboxylic acids is 1. The van der Waals surface area contributed by atoms with Crippen LogP contribution in [0.2, 0.25) is 6.32 Å².